The molecule has 0 unspecified atom stereocenters. The predicted molar refractivity (Wildman–Crippen MR) is 89.9 cm³/mol. The van der Waals surface area contributed by atoms with Crippen molar-refractivity contribution in [2.24, 2.45) is 0 Å². The minimum absolute atomic E-state index is 0.250. The van der Waals surface area contributed by atoms with Gasteiger partial charge in [0.05, 0.1) is 0 Å². The van der Waals surface area contributed by atoms with Crippen LogP contribution in [0.25, 0.3) is 22.0 Å². The van der Waals surface area contributed by atoms with Crippen LogP contribution in [0.15, 0.2) is 54.6 Å². The molecule has 116 valence electrons. The van der Waals surface area contributed by atoms with Crippen molar-refractivity contribution in [1.29, 1.82) is 0 Å². The summed E-state index contributed by atoms with van der Waals surface area (Å²) >= 11 is 1.45. The van der Waals surface area contributed by atoms with Gasteiger partial charge in [-0.05, 0) is 23.0 Å². The molecule has 0 aliphatic carbocycles. The molecule has 0 fully saturated rings. The molecule has 0 radical (unpaired) electrons. The smallest absolute Gasteiger partial charge is 0.215 e. The van der Waals surface area contributed by atoms with Gasteiger partial charge in [0.1, 0.15) is 5.01 Å². The van der Waals surface area contributed by atoms with E-state index in [1.165, 1.54) is 17.1 Å². The summed E-state index contributed by atoms with van der Waals surface area (Å²) in [6, 6.07) is 18.7. The summed E-state index contributed by atoms with van der Waals surface area (Å²) in [6.07, 6.45) is 0.250. The van der Waals surface area contributed by atoms with Crippen molar-refractivity contribution in [1.82, 2.24) is 9.36 Å². The van der Waals surface area contributed by atoms with E-state index in [2.05, 4.69) is 59.6 Å². The average molecular weight is 324 g/mol. The Morgan fingerprint density at radius 2 is 1.52 bits per heavy atom. The molecule has 2 aromatic carbocycles. The van der Waals surface area contributed by atoms with Crippen LogP contribution in [0, 0.1) is 0 Å². The molecule has 4 nitrogen and oxygen atoms in total. The molecule has 5 heteroatoms. The first-order valence-corrected chi connectivity index (χ1v) is 7.91. The molecule has 0 spiro atoms. The van der Waals surface area contributed by atoms with Crippen LogP contribution in [0.4, 0.5) is 0 Å². The zero-order valence-electron chi connectivity index (χ0n) is 12.9. The van der Waals surface area contributed by atoms with Crippen LogP contribution < -0.4 is 0 Å². The summed E-state index contributed by atoms with van der Waals surface area (Å²) in [5.41, 5.74) is 3.54. The summed E-state index contributed by atoms with van der Waals surface area (Å²) in [5.74, 6) is 1.36. The Labute approximate surface area is 139 Å². The molecule has 0 N–H and O–H groups in total. The minimum Gasteiger partial charge on any atom is -0.215 e. The number of benzene rings is 2. The highest BCUT2D eigenvalue weighted by Crippen LogP contribution is 2.26. The van der Waals surface area contributed by atoms with Crippen LogP contribution in [0.2, 0.25) is 0 Å². The number of nitrogens with zero attached hydrogens (tertiary/aromatic N) is 2. The Kier molecular flexibility index (Phi) is 5.92. The van der Waals surface area contributed by atoms with Gasteiger partial charge in [-0.25, -0.2) is 4.98 Å². The van der Waals surface area contributed by atoms with Gasteiger partial charge < -0.3 is 0 Å². The SMILES string of the molecule is CC(C)c1ccc(-c2nsc(-c3ccccc3)n2)cc1.O=C=O. The summed E-state index contributed by atoms with van der Waals surface area (Å²) in [7, 11) is 0. The normalized spacial score (nSPS) is 9.87. The fourth-order valence-electron chi connectivity index (χ4n) is 2.06. The van der Waals surface area contributed by atoms with E-state index in [0.717, 1.165) is 22.0 Å². The molecule has 3 aromatic rings. The summed E-state index contributed by atoms with van der Waals surface area (Å²) in [5, 5.41) is 0.966. The molecule has 0 aliphatic rings. The molecule has 0 aliphatic heterocycles. The number of hydrogen-bond acceptors (Lipinski definition) is 5. The highest BCUT2D eigenvalue weighted by molar-refractivity contribution is 7.09. The van der Waals surface area contributed by atoms with E-state index in [-0.39, 0.29) is 6.15 Å². The standard InChI is InChI=1S/C17H16N2S.CO2/c1-12(2)13-8-10-14(11-9-13)16-18-17(20-19-16)15-6-4-3-5-7-15;2-1-3/h3-12H,1-2H3;. The van der Waals surface area contributed by atoms with Gasteiger partial charge in [-0.2, -0.15) is 14.0 Å². The molecule has 1 heterocycles. The Morgan fingerprint density at radius 1 is 0.913 bits per heavy atom. The zero-order chi connectivity index (χ0) is 16.7. The van der Waals surface area contributed by atoms with Crippen molar-refractivity contribution in [3.05, 3.63) is 60.2 Å². The zero-order valence-corrected chi connectivity index (χ0v) is 13.7. The van der Waals surface area contributed by atoms with Crippen LogP contribution >= 0.6 is 11.5 Å². The molecule has 0 saturated heterocycles. The van der Waals surface area contributed by atoms with Crippen LogP contribution in [-0.2, 0) is 9.59 Å². The average Bonchev–Trinajstić information content (AvgIpc) is 3.06. The van der Waals surface area contributed by atoms with Gasteiger partial charge >= 0.3 is 6.15 Å². The van der Waals surface area contributed by atoms with Crippen LogP contribution in [0.3, 0.4) is 0 Å². The minimum atomic E-state index is 0.250. The van der Waals surface area contributed by atoms with E-state index in [1.807, 2.05) is 18.2 Å². The lowest BCUT2D eigenvalue weighted by atomic mass is 10.0. The topological polar surface area (TPSA) is 59.9 Å². The molecule has 0 amide bonds. The maximum Gasteiger partial charge on any atom is 0.373 e. The first-order valence-electron chi connectivity index (χ1n) is 7.14. The second-order valence-electron chi connectivity index (χ2n) is 5.15. The number of aromatic nitrogens is 2. The molecule has 3 rings (SSSR count). The van der Waals surface area contributed by atoms with E-state index in [0.29, 0.717) is 5.92 Å². The van der Waals surface area contributed by atoms with Gasteiger partial charge in [-0.15, -0.1) is 0 Å². The van der Waals surface area contributed by atoms with Gasteiger partial charge in [-0.1, -0.05) is 68.4 Å². The Bertz CT molecular complexity index is 774. The van der Waals surface area contributed by atoms with E-state index in [1.54, 1.807) is 0 Å². The third-order valence-electron chi connectivity index (χ3n) is 3.28. The van der Waals surface area contributed by atoms with Crippen molar-refractivity contribution < 1.29 is 9.59 Å². The monoisotopic (exact) mass is 324 g/mol. The Balaban J connectivity index is 0.000000595. The molecule has 23 heavy (non-hydrogen) atoms. The van der Waals surface area contributed by atoms with Gasteiger partial charge in [0.2, 0.25) is 0 Å². The molecular weight excluding hydrogens is 308 g/mol. The van der Waals surface area contributed by atoms with Crippen molar-refractivity contribution in [3.63, 3.8) is 0 Å². The predicted octanol–water partition coefficient (Wildman–Crippen LogP) is 4.41. The first kappa shape index (κ1) is 16.7. The summed E-state index contributed by atoms with van der Waals surface area (Å²) < 4.78 is 4.47. The number of rotatable bonds is 3. The van der Waals surface area contributed by atoms with E-state index in [4.69, 9.17) is 9.59 Å². The molecule has 0 bridgehead atoms. The van der Waals surface area contributed by atoms with Crippen molar-refractivity contribution in [3.8, 4) is 22.0 Å². The van der Waals surface area contributed by atoms with E-state index in [9.17, 15) is 0 Å². The molecular formula is C18H16N2O2S. The van der Waals surface area contributed by atoms with Gasteiger partial charge in [0, 0.05) is 11.1 Å². The lowest BCUT2D eigenvalue weighted by molar-refractivity contribution is -0.191. The second-order valence-corrected chi connectivity index (χ2v) is 5.90. The highest BCUT2D eigenvalue weighted by atomic mass is 32.1. The first-order chi connectivity index (χ1) is 11.2. The van der Waals surface area contributed by atoms with Crippen LogP contribution in [0.1, 0.15) is 25.3 Å². The summed E-state index contributed by atoms with van der Waals surface area (Å²) in [4.78, 5) is 20.9. The van der Waals surface area contributed by atoms with Crippen LogP contribution in [-0.4, -0.2) is 15.5 Å². The van der Waals surface area contributed by atoms with Gasteiger partial charge in [-0.3, -0.25) is 0 Å². The quantitative estimate of drug-likeness (QED) is 0.716. The van der Waals surface area contributed by atoms with Crippen LogP contribution in [0.5, 0.6) is 0 Å². The molecule has 0 atom stereocenters. The van der Waals surface area contributed by atoms with Gasteiger partial charge in [0.25, 0.3) is 0 Å². The van der Waals surface area contributed by atoms with Crippen molar-refractivity contribution in [2.45, 2.75) is 19.8 Å². The molecule has 1 aromatic heterocycles. The fraction of sp³-hybridized carbons (Fsp3) is 0.167. The highest BCUT2D eigenvalue weighted by Gasteiger charge is 2.08. The van der Waals surface area contributed by atoms with Crippen molar-refractivity contribution in [2.75, 3.05) is 0 Å². The maximum atomic E-state index is 8.12. The summed E-state index contributed by atoms with van der Waals surface area (Å²) in [6.45, 7) is 4.40. The third-order valence-corrected chi connectivity index (χ3v) is 4.05. The number of hydrogen-bond donors (Lipinski definition) is 0. The Hall–Kier alpha value is -2.62. The maximum absolute atomic E-state index is 8.12. The fourth-order valence-corrected chi connectivity index (χ4v) is 2.74. The van der Waals surface area contributed by atoms with E-state index < -0.39 is 0 Å². The molecule has 0 saturated carbocycles. The largest absolute Gasteiger partial charge is 0.373 e. The Morgan fingerprint density at radius 3 is 2.09 bits per heavy atom. The van der Waals surface area contributed by atoms with E-state index >= 15 is 0 Å². The second kappa shape index (κ2) is 8.13. The third kappa shape index (κ3) is 4.42. The lowest BCUT2D eigenvalue weighted by Gasteiger charge is -2.04. The van der Waals surface area contributed by atoms with Crippen molar-refractivity contribution >= 4 is 17.7 Å². The lowest BCUT2D eigenvalue weighted by Crippen LogP contribution is -1.87. The van der Waals surface area contributed by atoms with Gasteiger partial charge in [0.15, 0.2) is 5.82 Å². The number of carbonyl (C=O) groups excluding carboxylic acids is 2.